The van der Waals surface area contributed by atoms with Gasteiger partial charge in [-0.1, -0.05) is 48.6 Å². The van der Waals surface area contributed by atoms with Crippen LogP contribution in [0.1, 0.15) is 29.5 Å². The molecule has 0 radical (unpaired) electrons. The lowest BCUT2D eigenvalue weighted by Gasteiger charge is -2.37. The van der Waals surface area contributed by atoms with Crippen LogP contribution in [0.5, 0.6) is 5.75 Å². The number of fused-ring (bicyclic) bond motifs is 4. The third-order valence-electron chi connectivity index (χ3n) is 5.78. The summed E-state index contributed by atoms with van der Waals surface area (Å²) in [5.41, 5.74) is 2.50. The topological polar surface area (TPSA) is 75.4 Å². The molecule has 1 aliphatic heterocycles. The van der Waals surface area contributed by atoms with Crippen molar-refractivity contribution in [2.45, 2.75) is 18.4 Å². The minimum absolute atomic E-state index is 0.0365. The van der Waals surface area contributed by atoms with E-state index in [4.69, 9.17) is 0 Å². The summed E-state index contributed by atoms with van der Waals surface area (Å²) in [4.78, 5) is 10.7. The SMILES string of the molecule is O=[N+]([O-])c1cc(O)c2c(c1)C1C=CCC1C(c1ccc3ccccc3c1)N2. The number of hydrogen-bond acceptors (Lipinski definition) is 4. The van der Waals surface area contributed by atoms with Gasteiger partial charge in [-0.15, -0.1) is 0 Å². The fourth-order valence-corrected chi connectivity index (χ4v) is 4.50. The number of non-ortho nitro benzene ring substituents is 1. The fraction of sp³-hybridized carbons (Fsp3) is 0.182. The Hall–Kier alpha value is -3.34. The maximum absolute atomic E-state index is 11.2. The second-order valence-electron chi connectivity index (χ2n) is 7.27. The van der Waals surface area contributed by atoms with E-state index in [1.165, 1.54) is 16.8 Å². The van der Waals surface area contributed by atoms with Crippen LogP contribution in [-0.4, -0.2) is 10.0 Å². The first-order chi connectivity index (χ1) is 13.1. The van der Waals surface area contributed by atoms with E-state index < -0.39 is 4.92 Å². The zero-order chi connectivity index (χ0) is 18.5. The van der Waals surface area contributed by atoms with E-state index in [0.717, 1.165) is 17.5 Å². The Morgan fingerprint density at radius 2 is 1.89 bits per heavy atom. The minimum atomic E-state index is -0.455. The number of nitrogens with one attached hydrogen (secondary N) is 1. The van der Waals surface area contributed by atoms with Gasteiger partial charge in [0.1, 0.15) is 5.75 Å². The number of aromatic hydroxyl groups is 1. The summed E-state index contributed by atoms with van der Waals surface area (Å²) >= 11 is 0. The van der Waals surface area contributed by atoms with Crippen LogP contribution in [0, 0.1) is 16.0 Å². The van der Waals surface area contributed by atoms with Crippen molar-refractivity contribution in [3.63, 3.8) is 0 Å². The Bertz CT molecular complexity index is 1110. The average molecular weight is 358 g/mol. The first-order valence-electron chi connectivity index (χ1n) is 9.05. The van der Waals surface area contributed by atoms with E-state index in [1.807, 2.05) is 12.1 Å². The van der Waals surface area contributed by atoms with Gasteiger partial charge in [-0.3, -0.25) is 10.1 Å². The molecule has 3 aromatic rings. The van der Waals surface area contributed by atoms with Gasteiger partial charge in [-0.25, -0.2) is 0 Å². The highest BCUT2D eigenvalue weighted by Crippen LogP contribution is 2.53. The molecule has 0 bridgehead atoms. The molecular weight excluding hydrogens is 340 g/mol. The minimum Gasteiger partial charge on any atom is -0.506 e. The van der Waals surface area contributed by atoms with Gasteiger partial charge in [0.05, 0.1) is 22.7 Å². The van der Waals surface area contributed by atoms with E-state index in [-0.39, 0.29) is 29.3 Å². The molecule has 134 valence electrons. The molecule has 27 heavy (non-hydrogen) atoms. The van der Waals surface area contributed by atoms with Crippen molar-refractivity contribution in [2.24, 2.45) is 5.92 Å². The molecule has 2 aliphatic rings. The Kier molecular flexibility index (Phi) is 3.44. The maximum atomic E-state index is 11.2. The molecule has 0 aromatic heterocycles. The van der Waals surface area contributed by atoms with Gasteiger partial charge >= 0.3 is 0 Å². The average Bonchev–Trinajstić information content (AvgIpc) is 3.17. The maximum Gasteiger partial charge on any atom is 0.273 e. The van der Waals surface area contributed by atoms with Crippen LogP contribution < -0.4 is 5.32 Å². The van der Waals surface area contributed by atoms with Crippen molar-refractivity contribution in [1.82, 2.24) is 0 Å². The monoisotopic (exact) mass is 358 g/mol. The summed E-state index contributed by atoms with van der Waals surface area (Å²) in [6, 6.07) is 17.5. The smallest absolute Gasteiger partial charge is 0.273 e. The molecule has 3 unspecified atom stereocenters. The van der Waals surface area contributed by atoms with Gasteiger partial charge in [0.2, 0.25) is 0 Å². The zero-order valence-electron chi connectivity index (χ0n) is 14.5. The van der Waals surface area contributed by atoms with Gasteiger partial charge in [-0.05, 0) is 40.3 Å². The Balaban J connectivity index is 1.63. The van der Waals surface area contributed by atoms with E-state index in [9.17, 15) is 15.2 Å². The van der Waals surface area contributed by atoms with Crippen molar-refractivity contribution in [1.29, 1.82) is 0 Å². The molecule has 0 saturated carbocycles. The molecule has 0 amide bonds. The standard InChI is InChI=1S/C22H18N2O3/c25-20-12-16(24(26)27)11-19-17-6-3-7-18(17)21(23-22(19)20)15-9-8-13-4-1-2-5-14(13)10-15/h1-6,8-12,17-18,21,23,25H,7H2. The molecule has 5 nitrogen and oxygen atoms in total. The summed E-state index contributed by atoms with van der Waals surface area (Å²) in [6.07, 6.45) is 5.15. The molecule has 0 fully saturated rings. The number of rotatable bonds is 2. The molecular formula is C22H18N2O3. The van der Waals surface area contributed by atoms with Crippen LogP contribution in [0.25, 0.3) is 10.8 Å². The van der Waals surface area contributed by atoms with Crippen LogP contribution >= 0.6 is 0 Å². The lowest BCUT2D eigenvalue weighted by atomic mass is 9.76. The first-order valence-corrected chi connectivity index (χ1v) is 9.05. The number of nitro groups is 1. The van der Waals surface area contributed by atoms with E-state index >= 15 is 0 Å². The highest BCUT2D eigenvalue weighted by atomic mass is 16.6. The summed E-state index contributed by atoms with van der Waals surface area (Å²) in [5.74, 6) is 0.257. The van der Waals surface area contributed by atoms with E-state index in [1.54, 1.807) is 6.07 Å². The summed E-state index contributed by atoms with van der Waals surface area (Å²) in [5, 5.41) is 27.5. The third kappa shape index (κ3) is 2.46. The molecule has 1 heterocycles. The van der Waals surface area contributed by atoms with Crippen LogP contribution in [-0.2, 0) is 0 Å². The van der Waals surface area contributed by atoms with Gasteiger partial charge in [-0.2, -0.15) is 0 Å². The highest BCUT2D eigenvalue weighted by Gasteiger charge is 2.40. The van der Waals surface area contributed by atoms with Crippen molar-refractivity contribution in [2.75, 3.05) is 5.32 Å². The second-order valence-corrected chi connectivity index (χ2v) is 7.27. The summed E-state index contributed by atoms with van der Waals surface area (Å²) in [6.45, 7) is 0. The van der Waals surface area contributed by atoms with E-state index in [0.29, 0.717) is 5.69 Å². The van der Waals surface area contributed by atoms with Crippen molar-refractivity contribution in [3.05, 3.63) is 88.0 Å². The number of phenolic OH excluding ortho intramolecular Hbond substituents is 1. The van der Waals surface area contributed by atoms with Crippen molar-refractivity contribution in [3.8, 4) is 5.75 Å². The molecule has 3 atom stereocenters. The molecule has 5 rings (SSSR count). The lowest BCUT2D eigenvalue weighted by Crippen LogP contribution is -2.29. The molecule has 0 spiro atoms. The third-order valence-corrected chi connectivity index (χ3v) is 5.78. The van der Waals surface area contributed by atoms with Crippen LogP contribution in [0.2, 0.25) is 0 Å². The Morgan fingerprint density at radius 3 is 2.70 bits per heavy atom. The molecule has 3 aromatic carbocycles. The normalized spacial score (nSPS) is 22.9. The van der Waals surface area contributed by atoms with Gasteiger partial charge in [0.15, 0.2) is 0 Å². The second kappa shape index (κ2) is 5.84. The highest BCUT2D eigenvalue weighted by molar-refractivity contribution is 5.83. The van der Waals surface area contributed by atoms with Crippen LogP contribution in [0.4, 0.5) is 11.4 Å². The van der Waals surface area contributed by atoms with Crippen LogP contribution in [0.15, 0.2) is 66.7 Å². The van der Waals surface area contributed by atoms with E-state index in [2.05, 4.69) is 47.8 Å². The van der Waals surface area contributed by atoms with Crippen LogP contribution in [0.3, 0.4) is 0 Å². The van der Waals surface area contributed by atoms with Crippen molar-refractivity contribution >= 4 is 22.1 Å². The Labute approximate surface area is 156 Å². The number of anilines is 1. The Morgan fingerprint density at radius 1 is 1.07 bits per heavy atom. The quantitative estimate of drug-likeness (QED) is 0.283. The first kappa shape index (κ1) is 15.9. The van der Waals surface area contributed by atoms with Gasteiger partial charge in [0.25, 0.3) is 5.69 Å². The number of nitrogens with zero attached hydrogens (tertiary/aromatic N) is 1. The summed E-state index contributed by atoms with van der Waals surface area (Å²) in [7, 11) is 0. The largest absolute Gasteiger partial charge is 0.506 e. The van der Waals surface area contributed by atoms with Gasteiger partial charge < -0.3 is 10.4 Å². The number of phenols is 1. The molecule has 0 saturated heterocycles. The van der Waals surface area contributed by atoms with Crippen molar-refractivity contribution < 1.29 is 10.0 Å². The number of benzene rings is 3. The molecule has 5 heteroatoms. The molecule has 2 N–H and O–H groups in total. The summed E-state index contributed by atoms with van der Waals surface area (Å²) < 4.78 is 0. The number of hydrogen-bond donors (Lipinski definition) is 2. The molecule has 1 aliphatic carbocycles. The number of nitro benzene ring substituents is 1. The predicted molar refractivity (Wildman–Crippen MR) is 105 cm³/mol. The fourth-order valence-electron chi connectivity index (χ4n) is 4.50. The van der Waals surface area contributed by atoms with Gasteiger partial charge in [0, 0.05) is 12.0 Å². The number of allylic oxidation sites excluding steroid dienone is 2. The lowest BCUT2D eigenvalue weighted by molar-refractivity contribution is -0.385. The predicted octanol–water partition coefficient (Wildman–Crippen LogP) is 5.28. The zero-order valence-corrected chi connectivity index (χ0v) is 14.5.